The third kappa shape index (κ3) is 6.34. The van der Waals surface area contributed by atoms with E-state index >= 15 is 0 Å². The van der Waals surface area contributed by atoms with Gasteiger partial charge in [0, 0.05) is 29.1 Å². The normalized spacial score (nSPS) is 12.8. The van der Waals surface area contributed by atoms with Crippen LogP contribution in [0.4, 0.5) is 26.3 Å². The van der Waals surface area contributed by atoms with Gasteiger partial charge in [-0.2, -0.15) is 26.3 Å². The first-order chi connectivity index (χ1) is 17.9. The lowest BCUT2D eigenvalue weighted by molar-refractivity contribution is -0.147. The molecule has 2 N–H and O–H groups in total. The Morgan fingerprint density at radius 3 is 2.08 bits per heavy atom. The number of hydrogen-bond acceptors (Lipinski definition) is 3. The van der Waals surface area contributed by atoms with Gasteiger partial charge in [-0.05, 0) is 47.5 Å². The largest absolute Gasteiger partial charge is 0.459 e. The van der Waals surface area contributed by atoms with E-state index in [2.05, 4.69) is 10.3 Å². The zero-order valence-corrected chi connectivity index (χ0v) is 19.5. The molecule has 0 fully saturated rings. The standard InChI is InChI=1S/C27H20F6N2O3/c28-26(29,30)19-10-16(11-20(13-19)27(31,32)33)15-38-25(37)23(35-24(36)17-6-2-1-3-7-17)12-18-14-34-22-9-5-4-8-21(18)22/h1-11,13-14,23,34H,12,15H2,(H,35,36)/t23-/m0/s1. The van der Waals surface area contributed by atoms with Gasteiger partial charge in [-0.3, -0.25) is 4.79 Å². The zero-order valence-electron chi connectivity index (χ0n) is 19.5. The van der Waals surface area contributed by atoms with Crippen molar-refractivity contribution in [2.45, 2.75) is 31.4 Å². The molecular weight excluding hydrogens is 514 g/mol. The molecule has 0 aliphatic rings. The smallest absolute Gasteiger partial charge is 0.416 e. The van der Waals surface area contributed by atoms with Crippen LogP contribution in [-0.4, -0.2) is 22.9 Å². The summed E-state index contributed by atoms with van der Waals surface area (Å²) in [6, 6.07) is 14.8. The van der Waals surface area contributed by atoms with Crippen LogP contribution in [0.3, 0.4) is 0 Å². The first kappa shape index (κ1) is 26.8. The summed E-state index contributed by atoms with van der Waals surface area (Å²) in [6.07, 6.45) is -8.48. The molecule has 0 bridgehead atoms. The molecule has 0 aliphatic carbocycles. The third-order valence-corrected chi connectivity index (χ3v) is 5.75. The molecule has 198 valence electrons. The number of esters is 1. The number of rotatable bonds is 7. The highest BCUT2D eigenvalue weighted by Gasteiger charge is 2.37. The molecule has 1 heterocycles. The fraction of sp³-hybridized carbons (Fsp3) is 0.185. The van der Waals surface area contributed by atoms with Crippen molar-refractivity contribution in [1.82, 2.24) is 10.3 Å². The van der Waals surface area contributed by atoms with Gasteiger partial charge in [0.2, 0.25) is 0 Å². The molecule has 0 saturated heterocycles. The van der Waals surface area contributed by atoms with Crippen LogP contribution >= 0.6 is 0 Å². The molecule has 5 nitrogen and oxygen atoms in total. The van der Waals surface area contributed by atoms with Gasteiger partial charge in [0.05, 0.1) is 11.1 Å². The minimum Gasteiger partial charge on any atom is -0.459 e. The van der Waals surface area contributed by atoms with Crippen LogP contribution in [0, 0.1) is 0 Å². The highest BCUT2D eigenvalue weighted by atomic mass is 19.4. The molecule has 1 aromatic heterocycles. The number of hydrogen-bond donors (Lipinski definition) is 2. The number of halogens is 6. The second kappa shape index (κ2) is 10.6. The molecule has 11 heteroatoms. The molecule has 1 atom stereocenters. The Hall–Kier alpha value is -4.28. The average Bonchev–Trinajstić information content (AvgIpc) is 3.29. The maximum Gasteiger partial charge on any atom is 0.416 e. The quantitative estimate of drug-likeness (QED) is 0.216. The monoisotopic (exact) mass is 534 g/mol. The van der Waals surface area contributed by atoms with E-state index in [-0.39, 0.29) is 18.1 Å². The fourth-order valence-electron chi connectivity index (χ4n) is 3.90. The lowest BCUT2D eigenvalue weighted by Crippen LogP contribution is -2.43. The van der Waals surface area contributed by atoms with Gasteiger partial charge in [-0.25, -0.2) is 4.79 Å². The van der Waals surface area contributed by atoms with Crippen molar-refractivity contribution in [3.8, 4) is 0 Å². The molecule has 1 amide bonds. The highest BCUT2D eigenvalue weighted by molar-refractivity contribution is 5.97. The van der Waals surface area contributed by atoms with E-state index in [0.717, 1.165) is 10.9 Å². The van der Waals surface area contributed by atoms with Crippen LogP contribution in [0.25, 0.3) is 10.9 Å². The van der Waals surface area contributed by atoms with Crippen molar-refractivity contribution < 1.29 is 40.7 Å². The van der Waals surface area contributed by atoms with Gasteiger partial charge < -0.3 is 15.0 Å². The number of para-hydroxylation sites is 1. The number of H-pyrrole nitrogens is 1. The van der Waals surface area contributed by atoms with E-state index < -0.39 is 53.6 Å². The molecule has 4 aromatic rings. The van der Waals surface area contributed by atoms with Crippen LogP contribution in [0.1, 0.15) is 32.6 Å². The van der Waals surface area contributed by atoms with Gasteiger partial charge in [0.15, 0.2) is 0 Å². The van der Waals surface area contributed by atoms with Crippen molar-refractivity contribution in [2.75, 3.05) is 0 Å². The van der Waals surface area contributed by atoms with Gasteiger partial charge >= 0.3 is 18.3 Å². The van der Waals surface area contributed by atoms with Crippen molar-refractivity contribution in [3.63, 3.8) is 0 Å². The topological polar surface area (TPSA) is 71.2 Å². The fourth-order valence-corrected chi connectivity index (χ4v) is 3.90. The molecule has 3 aromatic carbocycles. The van der Waals surface area contributed by atoms with E-state index in [1.54, 1.807) is 48.7 Å². The van der Waals surface area contributed by atoms with Crippen LogP contribution in [0.5, 0.6) is 0 Å². The summed E-state index contributed by atoms with van der Waals surface area (Å²) in [5, 5.41) is 3.33. The van der Waals surface area contributed by atoms with Crippen molar-refractivity contribution in [1.29, 1.82) is 0 Å². The van der Waals surface area contributed by atoms with Crippen LogP contribution in [0.2, 0.25) is 0 Å². The summed E-state index contributed by atoms with van der Waals surface area (Å²) in [5.41, 5.74) is -1.88. The molecule has 38 heavy (non-hydrogen) atoms. The lowest BCUT2D eigenvalue weighted by Gasteiger charge is -2.19. The third-order valence-electron chi connectivity index (χ3n) is 5.75. The first-order valence-corrected chi connectivity index (χ1v) is 11.3. The number of ether oxygens (including phenoxy) is 1. The van der Waals surface area contributed by atoms with Gasteiger partial charge in [-0.15, -0.1) is 0 Å². The van der Waals surface area contributed by atoms with Crippen molar-refractivity contribution in [3.05, 3.63) is 107 Å². The molecule has 4 rings (SSSR count). The number of aromatic nitrogens is 1. The maximum atomic E-state index is 13.2. The maximum absolute atomic E-state index is 13.2. The van der Waals surface area contributed by atoms with Crippen molar-refractivity contribution in [2.24, 2.45) is 0 Å². The SMILES string of the molecule is O=C(N[C@@H](Cc1c[nH]c2ccccc12)C(=O)OCc1cc(C(F)(F)F)cc(C(F)(F)F)c1)c1ccccc1. The number of nitrogens with one attached hydrogen (secondary N) is 2. The average molecular weight is 534 g/mol. The van der Waals surface area contributed by atoms with Gasteiger partial charge in [0.1, 0.15) is 12.6 Å². The zero-order chi connectivity index (χ0) is 27.5. The Morgan fingerprint density at radius 1 is 0.842 bits per heavy atom. The number of benzene rings is 3. The summed E-state index contributed by atoms with van der Waals surface area (Å²) >= 11 is 0. The summed E-state index contributed by atoms with van der Waals surface area (Å²) in [7, 11) is 0. The second-order valence-corrected chi connectivity index (χ2v) is 8.48. The Labute approximate surface area is 212 Å². The van der Waals surface area contributed by atoms with Crippen LogP contribution in [-0.2, 0) is 34.9 Å². The number of amides is 1. The van der Waals surface area contributed by atoms with Crippen LogP contribution in [0.15, 0.2) is 79.0 Å². The Morgan fingerprint density at radius 2 is 1.45 bits per heavy atom. The van der Waals surface area contributed by atoms with Crippen LogP contribution < -0.4 is 5.32 Å². The minimum atomic E-state index is -5.04. The predicted molar refractivity (Wildman–Crippen MR) is 126 cm³/mol. The van der Waals surface area contributed by atoms with Crippen molar-refractivity contribution >= 4 is 22.8 Å². The Kier molecular flexibility index (Phi) is 7.47. The van der Waals surface area contributed by atoms with Gasteiger partial charge in [0.25, 0.3) is 5.91 Å². The summed E-state index contributed by atoms with van der Waals surface area (Å²) in [5.74, 6) is -1.63. The highest BCUT2D eigenvalue weighted by Crippen LogP contribution is 2.36. The Balaban J connectivity index is 1.58. The molecule has 0 aliphatic heterocycles. The number of carbonyl (C=O) groups excluding carboxylic acids is 2. The predicted octanol–water partition coefficient (Wildman–Crippen LogP) is 6.29. The molecule has 0 radical (unpaired) electrons. The van der Waals surface area contributed by atoms with E-state index in [0.29, 0.717) is 17.7 Å². The first-order valence-electron chi connectivity index (χ1n) is 11.3. The van der Waals surface area contributed by atoms with E-state index in [1.807, 2.05) is 0 Å². The summed E-state index contributed by atoms with van der Waals surface area (Å²) in [4.78, 5) is 28.8. The molecule has 0 spiro atoms. The Bertz CT molecular complexity index is 1410. The summed E-state index contributed by atoms with van der Waals surface area (Å²) in [6.45, 7) is -0.864. The second-order valence-electron chi connectivity index (χ2n) is 8.48. The van der Waals surface area contributed by atoms with Gasteiger partial charge in [-0.1, -0.05) is 36.4 Å². The number of aromatic amines is 1. The van der Waals surface area contributed by atoms with E-state index in [1.165, 1.54) is 12.1 Å². The van der Waals surface area contributed by atoms with E-state index in [9.17, 15) is 35.9 Å². The molecule has 0 unspecified atom stereocenters. The number of carbonyl (C=O) groups is 2. The molecular formula is C27H20F6N2O3. The number of fused-ring (bicyclic) bond motifs is 1. The number of alkyl halides is 6. The molecule has 0 saturated carbocycles. The lowest BCUT2D eigenvalue weighted by atomic mass is 10.0. The minimum absolute atomic E-state index is 0.00871. The summed E-state index contributed by atoms with van der Waals surface area (Å²) < 4.78 is 84.2. The van der Waals surface area contributed by atoms with E-state index in [4.69, 9.17) is 4.74 Å².